The number of hydrogen-bond donors (Lipinski definition) is 1. The minimum absolute atomic E-state index is 0.131. The Morgan fingerprint density at radius 1 is 1.30 bits per heavy atom. The van der Waals surface area contributed by atoms with Gasteiger partial charge in [0.15, 0.2) is 0 Å². The van der Waals surface area contributed by atoms with Crippen molar-refractivity contribution in [2.45, 2.75) is 51.6 Å². The van der Waals surface area contributed by atoms with E-state index in [2.05, 4.69) is 12.2 Å². The lowest BCUT2D eigenvalue weighted by Crippen LogP contribution is -2.50. The van der Waals surface area contributed by atoms with Gasteiger partial charge in [0, 0.05) is 12.6 Å². The second kappa shape index (κ2) is 8.92. The van der Waals surface area contributed by atoms with Crippen molar-refractivity contribution in [1.82, 2.24) is 10.2 Å². The molecule has 0 aromatic heterocycles. The van der Waals surface area contributed by atoms with E-state index in [0.717, 1.165) is 18.7 Å². The van der Waals surface area contributed by atoms with Crippen molar-refractivity contribution in [2.75, 3.05) is 20.2 Å². The first kappa shape index (κ1) is 17.8. The second-order valence-electron chi connectivity index (χ2n) is 6.69. The van der Waals surface area contributed by atoms with Crippen molar-refractivity contribution in [3.05, 3.63) is 30.3 Å². The highest BCUT2D eigenvalue weighted by atomic mass is 16.5. The third kappa shape index (κ3) is 5.54. The van der Waals surface area contributed by atoms with Crippen LogP contribution in [0.3, 0.4) is 0 Å². The van der Waals surface area contributed by atoms with Gasteiger partial charge >= 0.3 is 0 Å². The molecule has 23 heavy (non-hydrogen) atoms. The number of ether oxygens (including phenoxy) is 1. The van der Waals surface area contributed by atoms with Crippen LogP contribution >= 0.6 is 0 Å². The number of para-hydroxylation sites is 1. The largest absolute Gasteiger partial charge is 0.492 e. The standard InChI is InChI=1S/C19H30N2O2/c1-15-9-7-8-12-18(15)20-19(22)16(2)21(3)13-14-23-17-10-5-4-6-11-17/h4-6,10-11,15-16,18H,7-9,12-14H2,1-3H3,(H,20,22). The van der Waals surface area contributed by atoms with Gasteiger partial charge in [-0.2, -0.15) is 0 Å². The summed E-state index contributed by atoms with van der Waals surface area (Å²) < 4.78 is 5.70. The fourth-order valence-corrected chi connectivity index (χ4v) is 3.05. The van der Waals surface area contributed by atoms with E-state index in [1.165, 1.54) is 19.3 Å². The summed E-state index contributed by atoms with van der Waals surface area (Å²) in [6, 6.07) is 9.98. The summed E-state index contributed by atoms with van der Waals surface area (Å²) in [4.78, 5) is 14.5. The van der Waals surface area contributed by atoms with Crippen molar-refractivity contribution in [3.8, 4) is 5.75 Å². The van der Waals surface area contributed by atoms with Gasteiger partial charge in [-0.1, -0.05) is 38.0 Å². The zero-order valence-electron chi connectivity index (χ0n) is 14.6. The monoisotopic (exact) mass is 318 g/mol. The normalized spacial score (nSPS) is 22.6. The van der Waals surface area contributed by atoms with E-state index in [9.17, 15) is 4.79 Å². The van der Waals surface area contributed by atoms with Crippen molar-refractivity contribution in [3.63, 3.8) is 0 Å². The van der Waals surface area contributed by atoms with E-state index in [1.807, 2.05) is 49.2 Å². The van der Waals surface area contributed by atoms with Crippen molar-refractivity contribution >= 4 is 5.91 Å². The van der Waals surface area contributed by atoms with E-state index >= 15 is 0 Å². The van der Waals surface area contributed by atoms with Crippen LogP contribution in [0, 0.1) is 5.92 Å². The summed E-state index contributed by atoms with van der Waals surface area (Å²) in [6.07, 6.45) is 4.85. The van der Waals surface area contributed by atoms with Crippen LogP contribution in [-0.2, 0) is 4.79 Å². The van der Waals surface area contributed by atoms with Gasteiger partial charge in [-0.3, -0.25) is 9.69 Å². The molecule has 0 aliphatic heterocycles. The van der Waals surface area contributed by atoms with Gasteiger partial charge in [-0.15, -0.1) is 0 Å². The van der Waals surface area contributed by atoms with Gasteiger partial charge < -0.3 is 10.1 Å². The van der Waals surface area contributed by atoms with Crippen molar-refractivity contribution < 1.29 is 9.53 Å². The third-order valence-electron chi connectivity index (χ3n) is 4.94. The van der Waals surface area contributed by atoms with E-state index in [0.29, 0.717) is 18.6 Å². The number of carbonyl (C=O) groups excluding carboxylic acids is 1. The van der Waals surface area contributed by atoms with Gasteiger partial charge in [0.1, 0.15) is 12.4 Å². The van der Waals surface area contributed by atoms with Crippen LogP contribution in [0.2, 0.25) is 0 Å². The average molecular weight is 318 g/mol. The summed E-state index contributed by atoms with van der Waals surface area (Å²) in [5, 5.41) is 3.24. The number of rotatable bonds is 7. The van der Waals surface area contributed by atoms with Crippen molar-refractivity contribution in [2.24, 2.45) is 5.92 Å². The molecule has 1 aliphatic carbocycles. The van der Waals surface area contributed by atoms with Gasteiger partial charge in [0.25, 0.3) is 0 Å². The minimum Gasteiger partial charge on any atom is -0.492 e. The summed E-state index contributed by atoms with van der Waals surface area (Å²) in [7, 11) is 1.98. The van der Waals surface area contributed by atoms with E-state index in [1.54, 1.807) is 0 Å². The zero-order valence-corrected chi connectivity index (χ0v) is 14.6. The Hall–Kier alpha value is -1.55. The number of amides is 1. The maximum absolute atomic E-state index is 12.4. The van der Waals surface area contributed by atoms with E-state index in [-0.39, 0.29) is 11.9 Å². The molecule has 1 aromatic carbocycles. The highest BCUT2D eigenvalue weighted by Crippen LogP contribution is 2.23. The molecule has 3 atom stereocenters. The van der Waals surface area contributed by atoms with E-state index < -0.39 is 0 Å². The highest BCUT2D eigenvalue weighted by Gasteiger charge is 2.26. The topological polar surface area (TPSA) is 41.6 Å². The summed E-state index contributed by atoms with van der Waals surface area (Å²) >= 11 is 0. The zero-order chi connectivity index (χ0) is 16.7. The molecule has 4 heteroatoms. The van der Waals surface area contributed by atoms with E-state index in [4.69, 9.17) is 4.74 Å². The lowest BCUT2D eigenvalue weighted by molar-refractivity contribution is -0.126. The van der Waals surface area contributed by atoms with Crippen LogP contribution in [-0.4, -0.2) is 43.1 Å². The van der Waals surface area contributed by atoms with Crippen LogP contribution in [0.1, 0.15) is 39.5 Å². The first-order chi connectivity index (χ1) is 11.1. The molecule has 1 amide bonds. The molecule has 0 heterocycles. The molecule has 0 spiro atoms. The Morgan fingerprint density at radius 3 is 2.70 bits per heavy atom. The molecule has 1 saturated carbocycles. The second-order valence-corrected chi connectivity index (χ2v) is 6.69. The van der Waals surface area contributed by atoms with Gasteiger partial charge in [0.05, 0.1) is 6.04 Å². The SMILES string of the molecule is CC1CCCCC1NC(=O)C(C)N(C)CCOc1ccccc1. The third-order valence-corrected chi connectivity index (χ3v) is 4.94. The maximum atomic E-state index is 12.4. The van der Waals surface area contributed by atoms with Crippen LogP contribution in [0.15, 0.2) is 30.3 Å². The number of nitrogens with one attached hydrogen (secondary N) is 1. The molecule has 1 N–H and O–H groups in total. The van der Waals surface area contributed by atoms with Crippen LogP contribution in [0.5, 0.6) is 5.75 Å². The van der Waals surface area contributed by atoms with Crippen LogP contribution in [0.4, 0.5) is 0 Å². The maximum Gasteiger partial charge on any atom is 0.237 e. The predicted octanol–water partition coefficient (Wildman–Crippen LogP) is 3.08. The fourth-order valence-electron chi connectivity index (χ4n) is 3.05. The first-order valence-corrected chi connectivity index (χ1v) is 8.76. The van der Waals surface area contributed by atoms with Gasteiger partial charge in [-0.25, -0.2) is 0 Å². The molecule has 128 valence electrons. The average Bonchev–Trinajstić information content (AvgIpc) is 2.57. The molecule has 1 fully saturated rings. The summed E-state index contributed by atoms with van der Waals surface area (Å²) in [5.41, 5.74) is 0. The molecule has 0 bridgehead atoms. The summed E-state index contributed by atoms with van der Waals surface area (Å²) in [5.74, 6) is 1.59. The van der Waals surface area contributed by atoms with Gasteiger partial charge in [0.2, 0.25) is 5.91 Å². The molecule has 0 saturated heterocycles. The minimum atomic E-state index is -0.136. The molecule has 0 radical (unpaired) electrons. The number of benzene rings is 1. The Bertz CT molecular complexity index is 478. The Kier molecular flexibility index (Phi) is 6.90. The molecular formula is C19H30N2O2. The molecule has 4 nitrogen and oxygen atoms in total. The number of nitrogens with zero attached hydrogens (tertiary/aromatic N) is 1. The first-order valence-electron chi connectivity index (χ1n) is 8.76. The lowest BCUT2D eigenvalue weighted by Gasteiger charge is -2.32. The number of likely N-dealkylation sites (N-methyl/N-ethyl adjacent to an activating group) is 1. The molecule has 2 rings (SSSR count). The molecule has 3 unspecified atom stereocenters. The molecule has 1 aromatic rings. The van der Waals surface area contributed by atoms with Crippen LogP contribution in [0.25, 0.3) is 0 Å². The lowest BCUT2D eigenvalue weighted by atomic mass is 9.86. The number of hydrogen-bond acceptors (Lipinski definition) is 3. The van der Waals surface area contributed by atoms with Gasteiger partial charge in [-0.05, 0) is 44.9 Å². The number of carbonyl (C=O) groups is 1. The Morgan fingerprint density at radius 2 is 2.00 bits per heavy atom. The van der Waals surface area contributed by atoms with Crippen molar-refractivity contribution in [1.29, 1.82) is 0 Å². The molecule has 1 aliphatic rings. The molecular weight excluding hydrogens is 288 g/mol. The predicted molar refractivity (Wildman–Crippen MR) is 93.6 cm³/mol. The Labute approximate surface area is 140 Å². The smallest absolute Gasteiger partial charge is 0.237 e. The fraction of sp³-hybridized carbons (Fsp3) is 0.632. The van der Waals surface area contributed by atoms with Crippen LogP contribution < -0.4 is 10.1 Å². The summed E-state index contributed by atoms with van der Waals surface area (Å²) in [6.45, 7) is 5.51. The highest BCUT2D eigenvalue weighted by molar-refractivity contribution is 5.81. The Balaban J connectivity index is 1.72. The quantitative estimate of drug-likeness (QED) is 0.840.